The lowest BCUT2D eigenvalue weighted by atomic mass is 10.1. The molecule has 2 rings (SSSR count). The number of aromatic nitrogens is 1. The number of hydrogen-bond donors (Lipinski definition) is 0. The third-order valence-electron chi connectivity index (χ3n) is 3.23. The van der Waals surface area contributed by atoms with Gasteiger partial charge < -0.3 is 9.47 Å². The molecular weight excluding hydrogens is 318 g/mol. The average Bonchev–Trinajstić information content (AvgIpc) is 2.95. The minimum atomic E-state index is -0.341. The van der Waals surface area contributed by atoms with E-state index < -0.39 is 0 Å². The van der Waals surface area contributed by atoms with Gasteiger partial charge in [-0.1, -0.05) is 25.5 Å². The van der Waals surface area contributed by atoms with Crippen molar-refractivity contribution >= 4 is 44.8 Å². The third-order valence-corrected chi connectivity index (χ3v) is 4.83. The fourth-order valence-electron chi connectivity index (χ4n) is 2.01. The Balaban J connectivity index is 2.15. The first kappa shape index (κ1) is 16.8. The Bertz CT molecular complexity index is 621. The minimum Gasteiger partial charge on any atom is -0.489 e. The van der Waals surface area contributed by atoms with Crippen molar-refractivity contribution in [3.63, 3.8) is 0 Å². The third kappa shape index (κ3) is 4.24. The Morgan fingerprint density at radius 1 is 1.41 bits per heavy atom. The maximum absolute atomic E-state index is 12.0. The summed E-state index contributed by atoms with van der Waals surface area (Å²) in [6.07, 6.45) is 2.02. The molecule has 118 valence electrons. The number of thiocarbonyl (C=S) groups is 1. The molecule has 22 heavy (non-hydrogen) atoms. The van der Waals surface area contributed by atoms with E-state index in [4.69, 9.17) is 21.7 Å². The Labute approximate surface area is 139 Å². The Morgan fingerprint density at radius 2 is 2.18 bits per heavy atom. The van der Waals surface area contributed by atoms with Crippen molar-refractivity contribution in [2.75, 3.05) is 13.7 Å². The van der Waals surface area contributed by atoms with E-state index in [0.717, 1.165) is 28.1 Å². The molecule has 0 saturated carbocycles. The molecule has 0 fully saturated rings. The largest absolute Gasteiger partial charge is 0.489 e. The highest BCUT2D eigenvalue weighted by atomic mass is 32.1. The Hall–Kier alpha value is -1.53. The summed E-state index contributed by atoms with van der Waals surface area (Å²) < 4.78 is 11.5. The second-order valence-electron chi connectivity index (χ2n) is 4.87. The standard InChI is InChI=1S/C16H19NO3S2/c1-3-4-9-20-14(18)10-11(16(21)19-2)15-17-12-7-5-6-8-13(12)22-15/h5-8,11H,3-4,9-10H2,1-2H3. The van der Waals surface area contributed by atoms with Gasteiger partial charge in [0.15, 0.2) is 5.05 Å². The van der Waals surface area contributed by atoms with Crippen molar-refractivity contribution in [3.05, 3.63) is 29.3 Å². The lowest BCUT2D eigenvalue weighted by molar-refractivity contribution is -0.143. The highest BCUT2D eigenvalue weighted by Gasteiger charge is 2.25. The van der Waals surface area contributed by atoms with Gasteiger partial charge >= 0.3 is 5.97 Å². The lowest BCUT2D eigenvalue weighted by Crippen LogP contribution is -2.18. The maximum Gasteiger partial charge on any atom is 0.306 e. The van der Waals surface area contributed by atoms with Crippen molar-refractivity contribution in [1.29, 1.82) is 0 Å². The molecule has 0 aliphatic heterocycles. The average molecular weight is 337 g/mol. The van der Waals surface area contributed by atoms with Gasteiger partial charge in [0, 0.05) is 0 Å². The number of rotatable bonds is 7. The second kappa shape index (κ2) is 8.19. The zero-order valence-corrected chi connectivity index (χ0v) is 14.3. The molecule has 0 saturated heterocycles. The summed E-state index contributed by atoms with van der Waals surface area (Å²) >= 11 is 6.79. The first-order chi connectivity index (χ1) is 10.7. The summed E-state index contributed by atoms with van der Waals surface area (Å²) in [4.78, 5) is 16.6. The number of ether oxygens (including phenoxy) is 2. The van der Waals surface area contributed by atoms with E-state index in [9.17, 15) is 4.79 Å². The normalized spacial score (nSPS) is 12.1. The molecule has 0 spiro atoms. The molecule has 2 aromatic rings. The molecule has 0 aliphatic rings. The Kier molecular flexibility index (Phi) is 6.27. The first-order valence-corrected chi connectivity index (χ1v) is 8.47. The SMILES string of the molecule is CCCCOC(=O)CC(C(=S)OC)c1nc2ccccc2s1. The van der Waals surface area contributed by atoms with Crippen molar-refractivity contribution in [2.24, 2.45) is 0 Å². The fraction of sp³-hybridized carbons (Fsp3) is 0.438. The van der Waals surface area contributed by atoms with Crippen molar-refractivity contribution in [2.45, 2.75) is 32.1 Å². The summed E-state index contributed by atoms with van der Waals surface area (Å²) in [5.74, 6) is -0.608. The predicted octanol–water partition coefficient (Wildman–Crippen LogP) is 4.09. The fourth-order valence-corrected chi connectivity index (χ4v) is 3.35. The van der Waals surface area contributed by atoms with Crippen LogP contribution in [0.15, 0.2) is 24.3 Å². The molecule has 0 amide bonds. The van der Waals surface area contributed by atoms with E-state index in [1.807, 2.05) is 24.3 Å². The maximum atomic E-state index is 12.0. The van der Waals surface area contributed by atoms with Crippen molar-refractivity contribution in [3.8, 4) is 0 Å². The summed E-state index contributed by atoms with van der Waals surface area (Å²) in [7, 11) is 1.52. The van der Waals surface area contributed by atoms with E-state index in [0.29, 0.717) is 11.7 Å². The topological polar surface area (TPSA) is 48.4 Å². The van der Waals surface area contributed by atoms with Gasteiger partial charge in [-0.15, -0.1) is 11.3 Å². The summed E-state index contributed by atoms with van der Waals surface area (Å²) in [6, 6.07) is 7.85. The number of esters is 1. The van der Waals surface area contributed by atoms with Crippen LogP contribution in [0.1, 0.15) is 37.1 Å². The molecule has 0 bridgehead atoms. The van der Waals surface area contributed by atoms with Crippen LogP contribution in [0, 0.1) is 0 Å². The van der Waals surface area contributed by atoms with Crippen LogP contribution >= 0.6 is 23.6 Å². The van der Waals surface area contributed by atoms with E-state index in [1.165, 1.54) is 18.4 Å². The van der Waals surface area contributed by atoms with Gasteiger partial charge in [0.2, 0.25) is 0 Å². The second-order valence-corrected chi connectivity index (χ2v) is 6.34. The highest BCUT2D eigenvalue weighted by molar-refractivity contribution is 7.80. The smallest absolute Gasteiger partial charge is 0.306 e. The van der Waals surface area contributed by atoms with Gasteiger partial charge in [0.25, 0.3) is 0 Å². The Morgan fingerprint density at radius 3 is 2.86 bits per heavy atom. The number of unbranched alkanes of at least 4 members (excludes halogenated alkanes) is 1. The number of benzene rings is 1. The summed E-state index contributed by atoms with van der Waals surface area (Å²) in [5, 5.41) is 1.16. The molecule has 1 aromatic carbocycles. The number of nitrogens with zero attached hydrogens (tertiary/aromatic N) is 1. The number of thiazole rings is 1. The molecule has 4 nitrogen and oxygen atoms in total. The van der Waals surface area contributed by atoms with Gasteiger partial charge in [-0.25, -0.2) is 4.98 Å². The van der Waals surface area contributed by atoms with Gasteiger partial charge in [0.1, 0.15) is 5.01 Å². The molecular formula is C16H19NO3S2. The molecule has 1 unspecified atom stereocenters. The van der Waals surface area contributed by atoms with E-state index in [-0.39, 0.29) is 18.3 Å². The lowest BCUT2D eigenvalue weighted by Gasteiger charge is -2.14. The molecule has 6 heteroatoms. The number of carbonyl (C=O) groups is 1. The number of methoxy groups -OCH3 is 1. The summed E-state index contributed by atoms with van der Waals surface area (Å²) in [6.45, 7) is 2.50. The van der Waals surface area contributed by atoms with Crippen LogP contribution in [-0.2, 0) is 14.3 Å². The number of fused-ring (bicyclic) bond motifs is 1. The van der Waals surface area contributed by atoms with Gasteiger partial charge in [0.05, 0.1) is 36.3 Å². The van der Waals surface area contributed by atoms with Gasteiger partial charge in [-0.05, 0) is 30.8 Å². The van der Waals surface area contributed by atoms with Crippen LogP contribution in [0.5, 0.6) is 0 Å². The number of hydrogen-bond acceptors (Lipinski definition) is 6. The quantitative estimate of drug-likeness (QED) is 0.433. The molecule has 0 radical (unpaired) electrons. The van der Waals surface area contributed by atoms with Crippen LogP contribution < -0.4 is 0 Å². The zero-order valence-electron chi connectivity index (χ0n) is 12.7. The molecule has 1 heterocycles. The van der Waals surface area contributed by atoms with Crippen molar-refractivity contribution in [1.82, 2.24) is 4.98 Å². The molecule has 1 aromatic heterocycles. The van der Waals surface area contributed by atoms with E-state index in [2.05, 4.69) is 11.9 Å². The highest BCUT2D eigenvalue weighted by Crippen LogP contribution is 2.31. The van der Waals surface area contributed by atoms with Crippen LogP contribution in [0.25, 0.3) is 10.2 Å². The van der Waals surface area contributed by atoms with Crippen LogP contribution in [0.3, 0.4) is 0 Å². The number of para-hydroxylation sites is 1. The minimum absolute atomic E-state index is 0.163. The van der Waals surface area contributed by atoms with Gasteiger partial charge in [-0.3, -0.25) is 4.79 Å². The summed E-state index contributed by atoms with van der Waals surface area (Å²) in [5.41, 5.74) is 0.908. The van der Waals surface area contributed by atoms with Crippen molar-refractivity contribution < 1.29 is 14.3 Å². The first-order valence-electron chi connectivity index (χ1n) is 7.24. The van der Waals surface area contributed by atoms with E-state index in [1.54, 1.807) is 0 Å². The van der Waals surface area contributed by atoms with Crippen LogP contribution in [-0.4, -0.2) is 29.7 Å². The van der Waals surface area contributed by atoms with Crippen LogP contribution in [0.2, 0.25) is 0 Å². The van der Waals surface area contributed by atoms with E-state index >= 15 is 0 Å². The predicted molar refractivity (Wildman–Crippen MR) is 92.5 cm³/mol. The molecule has 1 atom stereocenters. The molecule has 0 aliphatic carbocycles. The zero-order chi connectivity index (χ0) is 15.9. The number of carbonyl (C=O) groups excluding carboxylic acids is 1. The van der Waals surface area contributed by atoms with Crippen LogP contribution in [0.4, 0.5) is 0 Å². The monoisotopic (exact) mass is 337 g/mol. The molecule has 0 N–H and O–H groups in total. The van der Waals surface area contributed by atoms with Gasteiger partial charge in [-0.2, -0.15) is 0 Å².